The number of halogens is 1. The first-order chi connectivity index (χ1) is 9.13. The zero-order valence-corrected chi connectivity index (χ0v) is 11.0. The van der Waals surface area contributed by atoms with Gasteiger partial charge in [-0.15, -0.1) is 0 Å². The maximum absolute atomic E-state index is 12.7. The second-order valence-corrected chi connectivity index (χ2v) is 4.91. The SMILES string of the molecule is C[NH+]1CCCC(OC(=O)COc2ccc(F)cc2)C1. The summed E-state index contributed by atoms with van der Waals surface area (Å²) in [5.41, 5.74) is 0. The molecule has 1 aliphatic rings. The standard InChI is InChI=1S/C14H18FNO3/c1-16-8-2-3-13(9-16)19-14(17)10-18-12-6-4-11(15)5-7-12/h4-7,13H,2-3,8-10H2,1H3/p+1. The van der Waals surface area contributed by atoms with Crippen LogP contribution in [0.2, 0.25) is 0 Å². The van der Waals surface area contributed by atoms with Gasteiger partial charge >= 0.3 is 5.97 Å². The molecule has 2 rings (SSSR count). The maximum Gasteiger partial charge on any atom is 0.344 e. The summed E-state index contributed by atoms with van der Waals surface area (Å²) in [6, 6.07) is 5.56. The van der Waals surface area contributed by atoms with Crippen molar-refractivity contribution in [3.63, 3.8) is 0 Å². The number of esters is 1. The van der Waals surface area contributed by atoms with Crippen LogP contribution in [0.1, 0.15) is 12.8 Å². The molecule has 0 aliphatic carbocycles. The Morgan fingerprint density at radius 1 is 1.42 bits per heavy atom. The second-order valence-electron chi connectivity index (χ2n) is 4.91. The smallest absolute Gasteiger partial charge is 0.344 e. The monoisotopic (exact) mass is 268 g/mol. The van der Waals surface area contributed by atoms with Crippen LogP contribution < -0.4 is 9.64 Å². The van der Waals surface area contributed by atoms with Gasteiger partial charge in [-0.05, 0) is 30.7 Å². The van der Waals surface area contributed by atoms with E-state index >= 15 is 0 Å². The van der Waals surface area contributed by atoms with Crippen LogP contribution >= 0.6 is 0 Å². The van der Waals surface area contributed by atoms with Crippen LogP contribution in [0.25, 0.3) is 0 Å². The van der Waals surface area contributed by atoms with Crippen molar-refractivity contribution < 1.29 is 23.6 Å². The van der Waals surface area contributed by atoms with Crippen LogP contribution in [0.15, 0.2) is 24.3 Å². The first-order valence-electron chi connectivity index (χ1n) is 6.52. The molecule has 1 saturated heterocycles. The van der Waals surface area contributed by atoms with Crippen molar-refractivity contribution in [2.24, 2.45) is 0 Å². The van der Waals surface area contributed by atoms with E-state index in [1.165, 1.54) is 29.2 Å². The Hall–Kier alpha value is -1.62. The topological polar surface area (TPSA) is 40.0 Å². The lowest BCUT2D eigenvalue weighted by Gasteiger charge is -2.26. The zero-order valence-electron chi connectivity index (χ0n) is 11.0. The first-order valence-corrected chi connectivity index (χ1v) is 6.52. The summed E-state index contributed by atoms with van der Waals surface area (Å²) in [4.78, 5) is 13.0. The van der Waals surface area contributed by atoms with Gasteiger partial charge in [0.15, 0.2) is 12.7 Å². The van der Waals surface area contributed by atoms with Crippen molar-refractivity contribution in [3.8, 4) is 5.75 Å². The van der Waals surface area contributed by atoms with E-state index in [0.717, 1.165) is 25.9 Å². The minimum atomic E-state index is -0.371. The largest absolute Gasteiger partial charge is 0.482 e. The number of likely N-dealkylation sites (N-methyl/N-ethyl adjacent to an activating group) is 1. The summed E-state index contributed by atoms with van der Waals surface area (Å²) >= 11 is 0. The van der Waals surface area contributed by atoms with Crippen molar-refractivity contribution in [3.05, 3.63) is 30.1 Å². The van der Waals surface area contributed by atoms with Crippen LogP contribution in [0, 0.1) is 5.82 Å². The number of carbonyl (C=O) groups excluding carboxylic acids is 1. The molecule has 1 aromatic rings. The van der Waals surface area contributed by atoms with Crippen LogP contribution in [0.5, 0.6) is 5.75 Å². The van der Waals surface area contributed by atoms with E-state index in [1.54, 1.807) is 0 Å². The molecule has 0 amide bonds. The minimum absolute atomic E-state index is 0.0157. The molecule has 1 heterocycles. The third-order valence-corrected chi connectivity index (χ3v) is 3.17. The second kappa shape index (κ2) is 6.52. The van der Waals surface area contributed by atoms with Gasteiger partial charge in [0.25, 0.3) is 0 Å². The number of hydrogen-bond acceptors (Lipinski definition) is 3. The van der Waals surface area contributed by atoms with E-state index in [0.29, 0.717) is 5.75 Å². The molecule has 0 bridgehead atoms. The fourth-order valence-corrected chi connectivity index (χ4v) is 2.22. The number of carbonyl (C=O) groups is 1. The van der Waals surface area contributed by atoms with Crippen molar-refractivity contribution >= 4 is 5.97 Å². The summed E-state index contributed by atoms with van der Waals surface area (Å²) in [7, 11) is 2.09. The highest BCUT2D eigenvalue weighted by Crippen LogP contribution is 2.11. The lowest BCUT2D eigenvalue weighted by Crippen LogP contribution is -3.11. The van der Waals surface area contributed by atoms with Crippen molar-refractivity contribution in [2.75, 3.05) is 26.7 Å². The van der Waals surface area contributed by atoms with Crippen molar-refractivity contribution in [1.82, 2.24) is 0 Å². The van der Waals surface area contributed by atoms with Gasteiger partial charge in [0.05, 0.1) is 13.6 Å². The third-order valence-electron chi connectivity index (χ3n) is 3.17. The Labute approximate surface area is 112 Å². The number of piperidine rings is 1. The number of hydrogen-bond donors (Lipinski definition) is 1. The molecule has 1 aliphatic heterocycles. The molecular weight excluding hydrogens is 249 g/mol. The molecule has 104 valence electrons. The summed E-state index contributed by atoms with van der Waals surface area (Å²) in [5, 5.41) is 0. The average Bonchev–Trinajstić information content (AvgIpc) is 2.38. The van der Waals surface area contributed by atoms with Gasteiger partial charge in [-0.3, -0.25) is 0 Å². The van der Waals surface area contributed by atoms with Gasteiger partial charge < -0.3 is 14.4 Å². The average molecular weight is 268 g/mol. The molecule has 1 N–H and O–H groups in total. The lowest BCUT2D eigenvalue weighted by atomic mass is 10.1. The van der Waals surface area contributed by atoms with E-state index < -0.39 is 0 Å². The summed E-state index contributed by atoms with van der Waals surface area (Å²) in [6.45, 7) is 1.84. The minimum Gasteiger partial charge on any atom is -0.482 e. The molecule has 1 fully saturated rings. The van der Waals surface area contributed by atoms with Gasteiger partial charge in [-0.1, -0.05) is 0 Å². The molecule has 1 aromatic carbocycles. The van der Waals surface area contributed by atoms with E-state index in [9.17, 15) is 9.18 Å². The Morgan fingerprint density at radius 3 is 2.84 bits per heavy atom. The van der Waals surface area contributed by atoms with Gasteiger partial charge in [-0.25, -0.2) is 9.18 Å². The Bertz CT molecular complexity index is 421. The number of likely N-dealkylation sites (tertiary alicyclic amines) is 1. The highest BCUT2D eigenvalue weighted by atomic mass is 19.1. The van der Waals surface area contributed by atoms with E-state index in [1.807, 2.05) is 0 Å². The molecule has 19 heavy (non-hydrogen) atoms. The van der Waals surface area contributed by atoms with E-state index in [4.69, 9.17) is 9.47 Å². The fraction of sp³-hybridized carbons (Fsp3) is 0.500. The number of quaternary nitrogens is 1. The molecule has 0 saturated carbocycles. The predicted octanol–water partition coefficient (Wildman–Crippen LogP) is 0.425. The highest BCUT2D eigenvalue weighted by Gasteiger charge is 2.23. The number of rotatable bonds is 4. The summed E-state index contributed by atoms with van der Waals surface area (Å²) in [5.74, 6) is -0.239. The Kier molecular flexibility index (Phi) is 4.74. The Balaban J connectivity index is 1.73. The summed E-state index contributed by atoms with van der Waals surface area (Å²) in [6.07, 6.45) is 1.97. The first kappa shape index (κ1) is 13.8. The molecule has 0 radical (unpaired) electrons. The van der Waals surface area contributed by atoms with Crippen LogP contribution in [0.4, 0.5) is 4.39 Å². The van der Waals surface area contributed by atoms with Gasteiger partial charge in [0.2, 0.25) is 0 Å². The molecule has 0 spiro atoms. The predicted molar refractivity (Wildman–Crippen MR) is 67.6 cm³/mol. The fourth-order valence-electron chi connectivity index (χ4n) is 2.22. The molecular formula is C14H19FNO3+. The molecule has 2 unspecified atom stereocenters. The molecule has 5 heteroatoms. The van der Waals surface area contributed by atoms with E-state index in [2.05, 4.69) is 7.05 Å². The zero-order chi connectivity index (χ0) is 13.7. The van der Waals surface area contributed by atoms with Crippen LogP contribution in [0.3, 0.4) is 0 Å². The highest BCUT2D eigenvalue weighted by molar-refractivity contribution is 5.71. The normalized spacial score (nSPS) is 22.8. The van der Waals surface area contributed by atoms with Gasteiger partial charge in [0, 0.05) is 6.42 Å². The summed E-state index contributed by atoms with van der Waals surface area (Å²) < 4.78 is 23.3. The van der Waals surface area contributed by atoms with Gasteiger partial charge in [-0.2, -0.15) is 0 Å². The van der Waals surface area contributed by atoms with Gasteiger partial charge in [0.1, 0.15) is 18.1 Å². The van der Waals surface area contributed by atoms with Crippen LogP contribution in [-0.4, -0.2) is 38.8 Å². The maximum atomic E-state index is 12.7. The van der Waals surface area contributed by atoms with Crippen LogP contribution in [-0.2, 0) is 9.53 Å². The number of ether oxygens (including phenoxy) is 2. The van der Waals surface area contributed by atoms with E-state index in [-0.39, 0.29) is 24.5 Å². The Morgan fingerprint density at radius 2 is 2.16 bits per heavy atom. The number of benzene rings is 1. The molecule has 0 aromatic heterocycles. The van der Waals surface area contributed by atoms with Crippen molar-refractivity contribution in [1.29, 1.82) is 0 Å². The lowest BCUT2D eigenvalue weighted by molar-refractivity contribution is -0.888. The number of nitrogens with one attached hydrogen (secondary N) is 1. The molecule has 2 atom stereocenters. The molecule has 4 nitrogen and oxygen atoms in total. The van der Waals surface area contributed by atoms with Crippen molar-refractivity contribution in [2.45, 2.75) is 18.9 Å². The third kappa shape index (κ3) is 4.52. The quantitative estimate of drug-likeness (QED) is 0.805.